The van der Waals surface area contributed by atoms with E-state index in [1.165, 1.54) is 32.1 Å². The van der Waals surface area contributed by atoms with Gasteiger partial charge in [-0.2, -0.15) is 0 Å². The van der Waals surface area contributed by atoms with Crippen molar-refractivity contribution in [2.45, 2.75) is 63.7 Å². The van der Waals surface area contributed by atoms with E-state index in [-0.39, 0.29) is 11.3 Å². The molecule has 98 valence electrons. The van der Waals surface area contributed by atoms with Crippen LogP contribution in [0.2, 0.25) is 0 Å². The zero-order valence-electron chi connectivity index (χ0n) is 11.2. The summed E-state index contributed by atoms with van der Waals surface area (Å²) in [6, 6.07) is 0. The van der Waals surface area contributed by atoms with Crippen LogP contribution in [0.4, 0.5) is 0 Å². The van der Waals surface area contributed by atoms with Gasteiger partial charge in [0.05, 0.1) is 18.8 Å². The molecule has 2 aliphatic heterocycles. The molecule has 0 aromatic heterocycles. The van der Waals surface area contributed by atoms with E-state index in [9.17, 15) is 0 Å². The van der Waals surface area contributed by atoms with Crippen LogP contribution in [0.5, 0.6) is 0 Å². The first kappa shape index (κ1) is 11.9. The van der Waals surface area contributed by atoms with Gasteiger partial charge in [0.15, 0.2) is 0 Å². The first-order valence-electron chi connectivity index (χ1n) is 7.06. The van der Waals surface area contributed by atoms with E-state index in [0.717, 1.165) is 19.6 Å². The molecule has 0 aromatic carbocycles. The third-order valence-corrected chi connectivity index (χ3v) is 4.76. The van der Waals surface area contributed by atoms with E-state index in [1.807, 2.05) is 0 Å². The molecule has 3 heteroatoms. The Balaban J connectivity index is 1.64. The summed E-state index contributed by atoms with van der Waals surface area (Å²) in [5, 5.41) is 3.66. The molecule has 3 rings (SSSR count). The van der Waals surface area contributed by atoms with Crippen LogP contribution in [0.1, 0.15) is 52.4 Å². The van der Waals surface area contributed by atoms with Gasteiger partial charge in [0.1, 0.15) is 5.72 Å². The first-order chi connectivity index (χ1) is 8.04. The fourth-order valence-corrected chi connectivity index (χ4v) is 3.67. The van der Waals surface area contributed by atoms with Gasteiger partial charge in [0.25, 0.3) is 0 Å². The lowest BCUT2D eigenvalue weighted by Gasteiger charge is -2.47. The molecule has 2 saturated heterocycles. The Bertz CT molecular complexity index is 285. The molecular weight excluding hydrogens is 214 g/mol. The summed E-state index contributed by atoms with van der Waals surface area (Å²) < 4.78 is 12.0. The molecule has 1 unspecified atom stereocenters. The van der Waals surface area contributed by atoms with Crippen LogP contribution in [-0.2, 0) is 9.47 Å². The van der Waals surface area contributed by atoms with E-state index in [2.05, 4.69) is 19.2 Å². The van der Waals surface area contributed by atoms with Crippen molar-refractivity contribution in [2.24, 2.45) is 5.41 Å². The van der Waals surface area contributed by atoms with Gasteiger partial charge >= 0.3 is 0 Å². The van der Waals surface area contributed by atoms with Gasteiger partial charge in [0.2, 0.25) is 0 Å². The van der Waals surface area contributed by atoms with Crippen LogP contribution in [0.25, 0.3) is 0 Å². The highest BCUT2D eigenvalue weighted by Gasteiger charge is 2.50. The molecule has 1 N–H and O–H groups in total. The highest BCUT2D eigenvalue weighted by molar-refractivity contribution is 4.99. The van der Waals surface area contributed by atoms with Crippen molar-refractivity contribution in [1.82, 2.24) is 5.32 Å². The summed E-state index contributed by atoms with van der Waals surface area (Å²) in [5.74, 6) is 0. The SMILES string of the molecule is CC1(C)CC2(CO1)NCC1(CCCCC1)CO2. The van der Waals surface area contributed by atoms with E-state index in [4.69, 9.17) is 9.47 Å². The maximum Gasteiger partial charge on any atom is 0.145 e. The van der Waals surface area contributed by atoms with Gasteiger partial charge < -0.3 is 9.47 Å². The largest absolute Gasteiger partial charge is 0.371 e. The Labute approximate surface area is 104 Å². The van der Waals surface area contributed by atoms with Gasteiger partial charge in [-0.1, -0.05) is 19.3 Å². The lowest BCUT2D eigenvalue weighted by molar-refractivity contribution is -0.152. The Kier molecular flexibility index (Phi) is 2.77. The maximum atomic E-state index is 6.22. The zero-order valence-corrected chi connectivity index (χ0v) is 11.2. The predicted molar refractivity (Wildman–Crippen MR) is 66.9 cm³/mol. The van der Waals surface area contributed by atoms with Gasteiger partial charge in [-0.3, -0.25) is 5.32 Å². The smallest absolute Gasteiger partial charge is 0.145 e. The van der Waals surface area contributed by atoms with Crippen LogP contribution in [0.3, 0.4) is 0 Å². The number of nitrogens with one attached hydrogen (secondary N) is 1. The number of hydrogen-bond acceptors (Lipinski definition) is 3. The van der Waals surface area contributed by atoms with Gasteiger partial charge in [-0.15, -0.1) is 0 Å². The van der Waals surface area contributed by atoms with Crippen molar-refractivity contribution in [1.29, 1.82) is 0 Å². The van der Waals surface area contributed by atoms with E-state index in [0.29, 0.717) is 12.0 Å². The minimum Gasteiger partial charge on any atom is -0.371 e. The maximum absolute atomic E-state index is 6.22. The highest BCUT2D eigenvalue weighted by Crippen LogP contribution is 2.43. The molecule has 0 aromatic rings. The van der Waals surface area contributed by atoms with Crippen molar-refractivity contribution >= 4 is 0 Å². The second kappa shape index (κ2) is 3.94. The standard InChI is InChI=1S/C14H25NO2/c1-12(2)8-14(11-16-12)15-9-13(10-17-14)6-4-3-5-7-13/h15H,3-11H2,1-2H3. The summed E-state index contributed by atoms with van der Waals surface area (Å²) >= 11 is 0. The first-order valence-corrected chi connectivity index (χ1v) is 7.06. The molecule has 3 nitrogen and oxygen atoms in total. The number of rotatable bonds is 0. The van der Waals surface area contributed by atoms with Crippen molar-refractivity contribution in [2.75, 3.05) is 19.8 Å². The van der Waals surface area contributed by atoms with Gasteiger partial charge in [0, 0.05) is 18.4 Å². The molecule has 1 saturated carbocycles. The predicted octanol–water partition coefficient (Wildman–Crippen LogP) is 2.45. The molecule has 1 aliphatic carbocycles. The topological polar surface area (TPSA) is 30.5 Å². The average molecular weight is 239 g/mol. The van der Waals surface area contributed by atoms with E-state index in [1.54, 1.807) is 0 Å². The lowest BCUT2D eigenvalue weighted by atomic mass is 9.73. The summed E-state index contributed by atoms with van der Waals surface area (Å²) in [6.45, 7) is 7.05. The monoisotopic (exact) mass is 239 g/mol. The van der Waals surface area contributed by atoms with Crippen LogP contribution in [0.15, 0.2) is 0 Å². The minimum atomic E-state index is -0.188. The summed E-state index contributed by atoms with van der Waals surface area (Å²) in [6.07, 6.45) is 7.79. The summed E-state index contributed by atoms with van der Waals surface area (Å²) in [5.41, 5.74) is 0.201. The Morgan fingerprint density at radius 2 is 1.71 bits per heavy atom. The second-order valence-corrected chi connectivity index (χ2v) is 6.92. The fraction of sp³-hybridized carbons (Fsp3) is 1.00. The molecule has 0 bridgehead atoms. The van der Waals surface area contributed by atoms with Crippen LogP contribution >= 0.6 is 0 Å². The minimum absolute atomic E-state index is 0.0376. The molecule has 1 atom stereocenters. The molecular formula is C14H25NO2. The Morgan fingerprint density at radius 1 is 0.941 bits per heavy atom. The molecule has 3 fully saturated rings. The average Bonchev–Trinajstić information content (AvgIpc) is 2.62. The van der Waals surface area contributed by atoms with Crippen LogP contribution in [-0.4, -0.2) is 31.1 Å². The van der Waals surface area contributed by atoms with Crippen molar-refractivity contribution in [3.05, 3.63) is 0 Å². The van der Waals surface area contributed by atoms with Crippen LogP contribution in [0, 0.1) is 5.41 Å². The van der Waals surface area contributed by atoms with Crippen molar-refractivity contribution < 1.29 is 9.47 Å². The number of ether oxygens (including phenoxy) is 2. The summed E-state index contributed by atoms with van der Waals surface area (Å²) in [4.78, 5) is 0. The van der Waals surface area contributed by atoms with E-state index < -0.39 is 0 Å². The van der Waals surface area contributed by atoms with Crippen LogP contribution < -0.4 is 5.32 Å². The van der Waals surface area contributed by atoms with Crippen molar-refractivity contribution in [3.63, 3.8) is 0 Å². The zero-order chi connectivity index (χ0) is 12.0. The molecule has 0 amide bonds. The number of hydrogen-bond donors (Lipinski definition) is 1. The summed E-state index contributed by atoms with van der Waals surface area (Å²) in [7, 11) is 0. The second-order valence-electron chi connectivity index (χ2n) is 6.92. The molecule has 2 spiro atoms. The van der Waals surface area contributed by atoms with E-state index >= 15 is 0 Å². The lowest BCUT2D eigenvalue weighted by Crippen LogP contribution is -2.60. The molecule has 17 heavy (non-hydrogen) atoms. The van der Waals surface area contributed by atoms with Gasteiger partial charge in [-0.25, -0.2) is 0 Å². The highest BCUT2D eigenvalue weighted by atomic mass is 16.6. The van der Waals surface area contributed by atoms with Crippen molar-refractivity contribution in [3.8, 4) is 0 Å². The Morgan fingerprint density at radius 3 is 2.24 bits per heavy atom. The third-order valence-electron chi connectivity index (χ3n) is 4.76. The van der Waals surface area contributed by atoms with Gasteiger partial charge in [-0.05, 0) is 26.7 Å². The normalized spacial score (nSPS) is 39.9. The quantitative estimate of drug-likeness (QED) is 0.704. The third kappa shape index (κ3) is 2.25. The Hall–Kier alpha value is -0.120. The fourth-order valence-electron chi connectivity index (χ4n) is 3.67. The molecule has 2 heterocycles. The molecule has 3 aliphatic rings. The molecule has 0 radical (unpaired) electrons.